The molecule has 2 amide bonds. The molecule has 0 bridgehead atoms. The summed E-state index contributed by atoms with van der Waals surface area (Å²) < 4.78 is 5.18. The first-order chi connectivity index (χ1) is 13.3. The van der Waals surface area contributed by atoms with Crippen LogP contribution in [0.4, 0.5) is 5.69 Å². The van der Waals surface area contributed by atoms with Crippen molar-refractivity contribution in [3.05, 3.63) is 65.7 Å². The van der Waals surface area contributed by atoms with E-state index in [2.05, 4.69) is 24.5 Å². The summed E-state index contributed by atoms with van der Waals surface area (Å²) in [6.07, 6.45) is -0.992. The second-order valence-corrected chi connectivity index (χ2v) is 6.91. The minimum atomic E-state index is -0.992. The SMILES string of the molecule is CC(C)c1ccc(NC(=O)[C@H](C)OC(=O)[C@H](C)NC(=O)c2ccccc2)cc1. The number of hydrogen-bond acceptors (Lipinski definition) is 4. The molecule has 0 heterocycles. The van der Waals surface area contributed by atoms with Gasteiger partial charge in [-0.25, -0.2) is 4.79 Å². The molecule has 0 saturated heterocycles. The van der Waals surface area contributed by atoms with E-state index >= 15 is 0 Å². The summed E-state index contributed by atoms with van der Waals surface area (Å²) in [4.78, 5) is 36.5. The number of esters is 1. The molecular formula is C22H26N2O4. The number of carbonyl (C=O) groups is 3. The maximum atomic E-state index is 12.3. The third kappa shape index (κ3) is 5.94. The molecule has 2 N–H and O–H groups in total. The summed E-state index contributed by atoms with van der Waals surface area (Å²) in [5.74, 6) is -1.10. The highest BCUT2D eigenvalue weighted by atomic mass is 16.5. The molecule has 2 atom stereocenters. The van der Waals surface area contributed by atoms with Gasteiger partial charge in [-0.1, -0.05) is 44.2 Å². The largest absolute Gasteiger partial charge is 0.451 e. The Morgan fingerprint density at radius 1 is 0.857 bits per heavy atom. The molecule has 0 aliphatic rings. The highest BCUT2D eigenvalue weighted by molar-refractivity contribution is 5.98. The number of nitrogens with one attached hydrogen (secondary N) is 2. The Hall–Kier alpha value is -3.15. The topological polar surface area (TPSA) is 84.5 Å². The van der Waals surface area contributed by atoms with Crippen LogP contribution >= 0.6 is 0 Å². The van der Waals surface area contributed by atoms with Gasteiger partial charge in [0.2, 0.25) is 0 Å². The van der Waals surface area contributed by atoms with E-state index in [0.29, 0.717) is 17.2 Å². The molecule has 2 rings (SSSR count). The van der Waals surface area contributed by atoms with Gasteiger partial charge in [0.25, 0.3) is 11.8 Å². The maximum Gasteiger partial charge on any atom is 0.329 e. The van der Waals surface area contributed by atoms with Crippen molar-refractivity contribution in [2.75, 3.05) is 5.32 Å². The van der Waals surface area contributed by atoms with E-state index in [-0.39, 0.29) is 5.91 Å². The average Bonchev–Trinajstić information content (AvgIpc) is 2.68. The third-order valence-electron chi connectivity index (χ3n) is 4.24. The smallest absolute Gasteiger partial charge is 0.329 e. The number of amides is 2. The molecule has 0 saturated carbocycles. The number of ether oxygens (including phenoxy) is 1. The third-order valence-corrected chi connectivity index (χ3v) is 4.24. The van der Waals surface area contributed by atoms with Crippen molar-refractivity contribution in [3.8, 4) is 0 Å². The van der Waals surface area contributed by atoms with Gasteiger partial charge >= 0.3 is 5.97 Å². The summed E-state index contributed by atoms with van der Waals surface area (Å²) in [5.41, 5.74) is 2.24. The van der Waals surface area contributed by atoms with Crippen molar-refractivity contribution in [2.24, 2.45) is 0 Å². The van der Waals surface area contributed by atoms with Crippen LogP contribution in [0.1, 0.15) is 49.5 Å². The van der Waals surface area contributed by atoms with Gasteiger partial charge in [-0.2, -0.15) is 0 Å². The van der Waals surface area contributed by atoms with Crippen LogP contribution in [0, 0.1) is 0 Å². The fourth-order valence-corrected chi connectivity index (χ4v) is 2.45. The lowest BCUT2D eigenvalue weighted by molar-refractivity contribution is -0.154. The zero-order chi connectivity index (χ0) is 20.7. The van der Waals surface area contributed by atoms with Crippen LogP contribution < -0.4 is 10.6 Å². The van der Waals surface area contributed by atoms with Gasteiger partial charge in [0.05, 0.1) is 0 Å². The van der Waals surface area contributed by atoms with E-state index in [0.717, 1.165) is 0 Å². The molecule has 6 heteroatoms. The molecule has 6 nitrogen and oxygen atoms in total. The molecule has 0 aliphatic heterocycles. The van der Waals surface area contributed by atoms with Crippen molar-refractivity contribution in [1.29, 1.82) is 0 Å². The molecule has 0 unspecified atom stereocenters. The van der Waals surface area contributed by atoms with Crippen LogP contribution in [0.3, 0.4) is 0 Å². The lowest BCUT2D eigenvalue weighted by Crippen LogP contribution is -2.42. The van der Waals surface area contributed by atoms with Crippen molar-refractivity contribution >= 4 is 23.5 Å². The minimum Gasteiger partial charge on any atom is -0.451 e. The average molecular weight is 382 g/mol. The zero-order valence-electron chi connectivity index (χ0n) is 16.6. The highest BCUT2D eigenvalue weighted by Gasteiger charge is 2.23. The van der Waals surface area contributed by atoms with Gasteiger partial charge in [-0.15, -0.1) is 0 Å². The molecule has 0 radical (unpaired) electrons. The molecule has 0 aliphatic carbocycles. The molecule has 0 spiro atoms. The fourth-order valence-electron chi connectivity index (χ4n) is 2.45. The Kier molecular flexibility index (Phi) is 7.32. The highest BCUT2D eigenvalue weighted by Crippen LogP contribution is 2.17. The van der Waals surface area contributed by atoms with Crippen molar-refractivity contribution in [2.45, 2.75) is 45.8 Å². The Balaban J connectivity index is 1.86. The van der Waals surface area contributed by atoms with E-state index in [1.165, 1.54) is 19.4 Å². The Bertz CT molecular complexity index is 816. The number of rotatable bonds is 7. The molecule has 148 valence electrons. The van der Waals surface area contributed by atoms with E-state index in [1.807, 2.05) is 24.3 Å². The van der Waals surface area contributed by atoms with Gasteiger partial charge in [-0.05, 0) is 49.6 Å². The van der Waals surface area contributed by atoms with Crippen LogP contribution in [0.5, 0.6) is 0 Å². The van der Waals surface area contributed by atoms with Crippen molar-refractivity contribution in [3.63, 3.8) is 0 Å². The Morgan fingerprint density at radius 2 is 1.46 bits per heavy atom. The van der Waals surface area contributed by atoms with Crippen LogP contribution in [-0.2, 0) is 14.3 Å². The second-order valence-electron chi connectivity index (χ2n) is 6.91. The van der Waals surface area contributed by atoms with Crippen molar-refractivity contribution < 1.29 is 19.1 Å². The number of benzene rings is 2. The molecule has 0 fully saturated rings. The molecule has 0 aromatic heterocycles. The lowest BCUT2D eigenvalue weighted by Gasteiger charge is -2.18. The number of anilines is 1. The van der Waals surface area contributed by atoms with Crippen LogP contribution in [0.2, 0.25) is 0 Å². The summed E-state index contributed by atoms with van der Waals surface area (Å²) in [7, 11) is 0. The van der Waals surface area contributed by atoms with Gasteiger partial charge in [-0.3, -0.25) is 9.59 Å². The first-order valence-electron chi connectivity index (χ1n) is 9.25. The van der Waals surface area contributed by atoms with E-state index in [9.17, 15) is 14.4 Å². The molecule has 28 heavy (non-hydrogen) atoms. The quantitative estimate of drug-likeness (QED) is 0.718. The Labute approximate surface area is 165 Å². The van der Waals surface area contributed by atoms with Gasteiger partial charge < -0.3 is 15.4 Å². The minimum absolute atomic E-state index is 0.382. The molecule has 2 aromatic rings. The summed E-state index contributed by atoms with van der Waals surface area (Å²) in [6, 6.07) is 15.2. The standard InChI is InChI=1S/C22H26N2O4/c1-14(2)17-10-12-19(13-11-17)24-20(25)16(4)28-22(27)15(3)23-21(26)18-8-6-5-7-9-18/h5-16H,1-4H3,(H,23,26)(H,24,25)/t15-,16-/m0/s1. The number of carbonyl (C=O) groups excluding carboxylic acids is 3. The van der Waals surface area contributed by atoms with Gasteiger partial charge in [0.15, 0.2) is 6.10 Å². The van der Waals surface area contributed by atoms with Crippen LogP contribution in [-0.4, -0.2) is 29.9 Å². The second kappa shape index (κ2) is 9.69. The van der Waals surface area contributed by atoms with E-state index < -0.39 is 24.0 Å². The first kappa shape index (κ1) is 21.2. The predicted octanol–water partition coefficient (Wildman–Crippen LogP) is 3.50. The summed E-state index contributed by atoms with van der Waals surface area (Å²) >= 11 is 0. The maximum absolute atomic E-state index is 12.3. The Morgan fingerprint density at radius 3 is 2.04 bits per heavy atom. The van der Waals surface area contributed by atoms with Crippen LogP contribution in [0.15, 0.2) is 54.6 Å². The van der Waals surface area contributed by atoms with Gasteiger partial charge in [0, 0.05) is 11.3 Å². The fraction of sp³-hybridized carbons (Fsp3) is 0.318. The lowest BCUT2D eigenvalue weighted by atomic mass is 10.0. The van der Waals surface area contributed by atoms with Crippen LogP contribution in [0.25, 0.3) is 0 Å². The van der Waals surface area contributed by atoms with E-state index in [1.54, 1.807) is 30.3 Å². The first-order valence-corrected chi connectivity index (χ1v) is 9.25. The summed E-state index contributed by atoms with van der Waals surface area (Å²) in [6.45, 7) is 7.18. The number of hydrogen-bond donors (Lipinski definition) is 2. The molecule has 2 aromatic carbocycles. The zero-order valence-corrected chi connectivity index (χ0v) is 16.6. The monoisotopic (exact) mass is 382 g/mol. The summed E-state index contributed by atoms with van der Waals surface area (Å²) in [5, 5.41) is 5.28. The normalized spacial score (nSPS) is 12.8. The van der Waals surface area contributed by atoms with E-state index in [4.69, 9.17) is 4.74 Å². The van der Waals surface area contributed by atoms with Crippen molar-refractivity contribution in [1.82, 2.24) is 5.32 Å². The molecular weight excluding hydrogens is 356 g/mol. The predicted molar refractivity (Wildman–Crippen MR) is 108 cm³/mol. The van der Waals surface area contributed by atoms with Gasteiger partial charge in [0.1, 0.15) is 6.04 Å².